The number of halogens is 6. The summed E-state index contributed by atoms with van der Waals surface area (Å²) < 4.78 is 101. The Morgan fingerprint density at radius 3 is 1.82 bits per heavy atom. The normalized spacial score (nSPS) is 12.7. The zero-order chi connectivity index (χ0) is 21.5. The molecule has 0 atom stereocenters. The second-order valence-electron chi connectivity index (χ2n) is 6.00. The molecule has 11 heteroatoms. The molecule has 2 aromatic carbocycles. The highest BCUT2D eigenvalue weighted by atomic mass is 32.2. The van der Waals surface area contributed by atoms with Gasteiger partial charge < -0.3 is 5.32 Å². The molecule has 0 heterocycles. The van der Waals surface area contributed by atoms with E-state index in [1.54, 1.807) is 0 Å². The van der Waals surface area contributed by atoms with E-state index in [0.717, 1.165) is 12.3 Å². The summed E-state index contributed by atoms with van der Waals surface area (Å²) in [6.45, 7) is 1.48. The van der Waals surface area contributed by atoms with Crippen LogP contribution in [0.2, 0.25) is 0 Å². The minimum absolute atomic E-state index is 0.0566. The van der Waals surface area contributed by atoms with Crippen LogP contribution in [0.15, 0.2) is 41.3 Å². The molecule has 0 spiro atoms. The van der Waals surface area contributed by atoms with Gasteiger partial charge >= 0.3 is 12.4 Å². The molecule has 0 aromatic heterocycles. The molecule has 4 nitrogen and oxygen atoms in total. The van der Waals surface area contributed by atoms with Gasteiger partial charge in [0.2, 0.25) is 0 Å². The summed E-state index contributed by atoms with van der Waals surface area (Å²) in [5.41, 5.74) is -3.82. The first-order valence-corrected chi connectivity index (χ1v) is 9.40. The average molecular weight is 425 g/mol. The van der Waals surface area contributed by atoms with E-state index in [-0.39, 0.29) is 16.6 Å². The number of anilines is 1. The molecular weight excluding hydrogens is 412 g/mol. The van der Waals surface area contributed by atoms with E-state index in [2.05, 4.69) is 5.32 Å². The van der Waals surface area contributed by atoms with Gasteiger partial charge in [0.25, 0.3) is 5.91 Å². The molecular formula is C17H13F6NO3S. The standard InChI is InChI=1S/C17H13F6NO3S/c1-9-3-4-13(28(2,26)27)8-14(9)24-15(25)10-5-11(16(18,19)20)7-12(6-10)17(21,22)23/h3-8H,1-2H3,(H,24,25). The monoisotopic (exact) mass is 425 g/mol. The molecule has 1 amide bonds. The molecule has 0 fully saturated rings. The van der Waals surface area contributed by atoms with E-state index in [4.69, 9.17) is 0 Å². The van der Waals surface area contributed by atoms with Gasteiger partial charge in [0.05, 0.1) is 16.0 Å². The fourth-order valence-corrected chi connectivity index (χ4v) is 2.89. The average Bonchev–Trinajstić information content (AvgIpc) is 2.53. The third-order valence-corrected chi connectivity index (χ3v) is 4.85. The van der Waals surface area contributed by atoms with Gasteiger partial charge in [-0.25, -0.2) is 8.42 Å². The lowest BCUT2D eigenvalue weighted by molar-refractivity contribution is -0.143. The quantitative estimate of drug-likeness (QED) is 0.726. The Labute approximate surface area is 156 Å². The molecule has 0 saturated heterocycles. The van der Waals surface area contributed by atoms with Crippen LogP contribution >= 0.6 is 0 Å². The highest BCUT2D eigenvalue weighted by molar-refractivity contribution is 7.90. The van der Waals surface area contributed by atoms with Crippen LogP contribution in [0.25, 0.3) is 0 Å². The van der Waals surface area contributed by atoms with E-state index >= 15 is 0 Å². The number of hydrogen-bond acceptors (Lipinski definition) is 3. The molecule has 1 N–H and O–H groups in total. The van der Waals surface area contributed by atoms with Crippen molar-refractivity contribution in [1.29, 1.82) is 0 Å². The summed E-state index contributed by atoms with van der Waals surface area (Å²) in [7, 11) is -3.64. The number of hydrogen-bond donors (Lipinski definition) is 1. The number of aryl methyl sites for hydroxylation is 1. The van der Waals surface area contributed by atoms with Crippen LogP contribution in [-0.2, 0) is 22.2 Å². The molecule has 152 valence electrons. The lowest BCUT2D eigenvalue weighted by Gasteiger charge is -2.15. The van der Waals surface area contributed by atoms with Crippen molar-refractivity contribution in [3.05, 3.63) is 58.7 Å². The molecule has 0 bridgehead atoms. The molecule has 0 radical (unpaired) electrons. The number of benzene rings is 2. The number of carbonyl (C=O) groups is 1. The van der Waals surface area contributed by atoms with Gasteiger partial charge in [-0.3, -0.25) is 4.79 Å². The summed E-state index contributed by atoms with van der Waals surface area (Å²) in [6, 6.07) is 4.17. The van der Waals surface area contributed by atoms with Crippen molar-refractivity contribution in [3.63, 3.8) is 0 Å². The van der Waals surface area contributed by atoms with Crippen LogP contribution in [0.3, 0.4) is 0 Å². The van der Waals surface area contributed by atoms with Crippen molar-refractivity contribution < 1.29 is 39.6 Å². The summed E-state index contributed by atoms with van der Waals surface area (Å²) in [5.74, 6) is -1.25. The molecule has 0 aliphatic rings. The number of amides is 1. The van der Waals surface area contributed by atoms with Crippen molar-refractivity contribution in [1.82, 2.24) is 0 Å². The van der Waals surface area contributed by atoms with Gasteiger partial charge in [-0.05, 0) is 42.8 Å². The Bertz CT molecular complexity index is 994. The van der Waals surface area contributed by atoms with Crippen LogP contribution in [0.4, 0.5) is 32.0 Å². The van der Waals surface area contributed by atoms with Gasteiger partial charge in [-0.1, -0.05) is 6.07 Å². The van der Waals surface area contributed by atoms with Crippen molar-refractivity contribution in [2.24, 2.45) is 0 Å². The van der Waals surface area contributed by atoms with Crippen molar-refractivity contribution in [2.45, 2.75) is 24.2 Å². The van der Waals surface area contributed by atoms with E-state index in [1.807, 2.05) is 0 Å². The maximum Gasteiger partial charge on any atom is 0.416 e. The smallest absolute Gasteiger partial charge is 0.322 e. The first kappa shape index (κ1) is 21.7. The van der Waals surface area contributed by atoms with Crippen LogP contribution in [0.5, 0.6) is 0 Å². The first-order valence-electron chi connectivity index (χ1n) is 7.50. The topological polar surface area (TPSA) is 63.2 Å². The molecule has 28 heavy (non-hydrogen) atoms. The first-order chi connectivity index (χ1) is 12.6. The van der Waals surface area contributed by atoms with Crippen LogP contribution in [0.1, 0.15) is 27.0 Å². The lowest BCUT2D eigenvalue weighted by atomic mass is 10.0. The Hall–Kier alpha value is -2.56. The van der Waals surface area contributed by atoms with Gasteiger partial charge in [0, 0.05) is 17.5 Å². The van der Waals surface area contributed by atoms with Gasteiger partial charge in [-0.2, -0.15) is 26.3 Å². The summed E-state index contributed by atoms with van der Waals surface area (Å²) in [5, 5.41) is 2.16. The Morgan fingerprint density at radius 1 is 0.893 bits per heavy atom. The zero-order valence-electron chi connectivity index (χ0n) is 14.4. The minimum atomic E-state index is -5.09. The van der Waals surface area contributed by atoms with Crippen LogP contribution in [-0.4, -0.2) is 20.6 Å². The Morgan fingerprint density at radius 2 is 1.39 bits per heavy atom. The fourth-order valence-electron chi connectivity index (χ4n) is 2.25. The zero-order valence-corrected chi connectivity index (χ0v) is 15.2. The lowest BCUT2D eigenvalue weighted by Crippen LogP contribution is -2.17. The molecule has 2 rings (SSSR count). The highest BCUT2D eigenvalue weighted by Gasteiger charge is 2.37. The predicted molar refractivity (Wildman–Crippen MR) is 88.7 cm³/mol. The van der Waals surface area contributed by atoms with Gasteiger partial charge in [-0.15, -0.1) is 0 Å². The predicted octanol–water partition coefficient (Wildman–Crippen LogP) is 4.69. The maximum atomic E-state index is 12.9. The largest absolute Gasteiger partial charge is 0.416 e. The summed E-state index contributed by atoms with van der Waals surface area (Å²) >= 11 is 0. The van der Waals surface area contributed by atoms with E-state index in [0.29, 0.717) is 17.7 Å². The Kier molecular flexibility index (Phi) is 5.52. The number of nitrogens with one attached hydrogen (secondary N) is 1. The fraction of sp³-hybridized carbons (Fsp3) is 0.235. The van der Waals surface area contributed by atoms with Crippen molar-refractivity contribution in [3.8, 4) is 0 Å². The van der Waals surface area contributed by atoms with E-state index in [1.165, 1.54) is 19.1 Å². The second-order valence-corrected chi connectivity index (χ2v) is 8.01. The van der Waals surface area contributed by atoms with Gasteiger partial charge in [0.15, 0.2) is 9.84 Å². The third-order valence-electron chi connectivity index (χ3n) is 3.74. The molecule has 2 aromatic rings. The molecule has 0 saturated carbocycles. The Balaban J connectivity index is 2.50. The second kappa shape index (κ2) is 7.12. The maximum absolute atomic E-state index is 12.9. The molecule has 0 aliphatic heterocycles. The number of carbonyl (C=O) groups excluding carboxylic acids is 1. The SMILES string of the molecule is Cc1ccc(S(C)(=O)=O)cc1NC(=O)c1cc(C(F)(F)F)cc(C(F)(F)F)c1. The van der Waals surface area contributed by atoms with Crippen molar-refractivity contribution in [2.75, 3.05) is 11.6 Å². The van der Waals surface area contributed by atoms with Crippen molar-refractivity contribution >= 4 is 21.4 Å². The minimum Gasteiger partial charge on any atom is -0.322 e. The van der Waals surface area contributed by atoms with Gasteiger partial charge in [0.1, 0.15) is 0 Å². The van der Waals surface area contributed by atoms with E-state index in [9.17, 15) is 39.6 Å². The summed E-state index contributed by atoms with van der Waals surface area (Å²) in [4.78, 5) is 12.1. The molecule has 0 aliphatic carbocycles. The summed E-state index contributed by atoms with van der Waals surface area (Å²) in [6.07, 6.45) is -9.28. The number of rotatable bonds is 3. The molecule has 0 unspecified atom stereocenters. The van der Waals surface area contributed by atoms with Crippen LogP contribution in [0, 0.1) is 6.92 Å². The number of sulfone groups is 1. The van der Waals surface area contributed by atoms with Crippen LogP contribution < -0.4 is 5.32 Å². The number of alkyl halides is 6. The highest BCUT2D eigenvalue weighted by Crippen LogP contribution is 2.36. The third kappa shape index (κ3) is 5.03. The van der Waals surface area contributed by atoms with E-state index < -0.39 is 44.8 Å².